The smallest absolute Gasteiger partial charge is 0.257 e. The molecular formula is C21H18N4O2S. The lowest BCUT2D eigenvalue weighted by Crippen LogP contribution is -2.22. The summed E-state index contributed by atoms with van der Waals surface area (Å²) in [4.78, 5) is 27.7. The molecule has 0 aliphatic heterocycles. The van der Waals surface area contributed by atoms with E-state index in [2.05, 4.69) is 15.6 Å². The average molecular weight is 390 g/mol. The predicted octanol–water partition coefficient (Wildman–Crippen LogP) is 3.61. The zero-order valence-corrected chi connectivity index (χ0v) is 16.0. The van der Waals surface area contributed by atoms with Crippen molar-refractivity contribution in [3.8, 4) is 17.3 Å². The first-order valence-electron chi connectivity index (χ1n) is 8.66. The Bertz CT molecular complexity index is 1020. The predicted molar refractivity (Wildman–Crippen MR) is 109 cm³/mol. The number of amides is 2. The molecule has 140 valence electrons. The summed E-state index contributed by atoms with van der Waals surface area (Å²) in [5.74, 6) is -0.298. The molecule has 0 radical (unpaired) electrons. The number of rotatable bonds is 6. The third-order valence-electron chi connectivity index (χ3n) is 4.04. The summed E-state index contributed by atoms with van der Waals surface area (Å²) in [6.07, 6.45) is 0.767. The van der Waals surface area contributed by atoms with Gasteiger partial charge in [-0.25, -0.2) is 4.98 Å². The van der Waals surface area contributed by atoms with Gasteiger partial charge in [0, 0.05) is 30.0 Å². The number of nitriles is 1. The fourth-order valence-electron chi connectivity index (χ4n) is 2.55. The SMILES string of the molecule is CC(=O)NCCc1ccc(-c2csc(NC(=O)c3ccc(C#N)cc3)n2)cc1. The quantitative estimate of drug-likeness (QED) is 0.672. The molecule has 0 unspecified atom stereocenters. The lowest BCUT2D eigenvalue weighted by Gasteiger charge is -2.04. The van der Waals surface area contributed by atoms with Gasteiger partial charge in [0.05, 0.1) is 17.3 Å². The molecular weight excluding hydrogens is 372 g/mol. The van der Waals surface area contributed by atoms with Crippen molar-refractivity contribution in [3.63, 3.8) is 0 Å². The molecule has 0 saturated carbocycles. The van der Waals surface area contributed by atoms with Crippen molar-refractivity contribution >= 4 is 28.3 Å². The van der Waals surface area contributed by atoms with E-state index in [9.17, 15) is 9.59 Å². The minimum atomic E-state index is -0.265. The van der Waals surface area contributed by atoms with Gasteiger partial charge in [-0.15, -0.1) is 11.3 Å². The summed E-state index contributed by atoms with van der Waals surface area (Å²) in [5.41, 5.74) is 3.85. The molecule has 28 heavy (non-hydrogen) atoms. The first kappa shape index (κ1) is 19.3. The molecule has 1 aromatic heterocycles. The van der Waals surface area contributed by atoms with Gasteiger partial charge in [-0.2, -0.15) is 5.26 Å². The van der Waals surface area contributed by atoms with Crippen LogP contribution in [0.3, 0.4) is 0 Å². The Labute approximate surface area is 166 Å². The molecule has 0 aliphatic rings. The Hall–Kier alpha value is -3.50. The van der Waals surface area contributed by atoms with Crippen molar-refractivity contribution in [2.24, 2.45) is 0 Å². The number of hydrogen-bond acceptors (Lipinski definition) is 5. The van der Waals surface area contributed by atoms with Crippen molar-refractivity contribution in [2.45, 2.75) is 13.3 Å². The van der Waals surface area contributed by atoms with E-state index in [1.165, 1.54) is 18.3 Å². The number of nitrogens with one attached hydrogen (secondary N) is 2. The molecule has 0 atom stereocenters. The number of carbonyl (C=O) groups excluding carboxylic acids is 2. The number of aromatic nitrogens is 1. The van der Waals surface area contributed by atoms with E-state index in [1.54, 1.807) is 24.3 Å². The van der Waals surface area contributed by atoms with Crippen molar-refractivity contribution in [1.82, 2.24) is 10.3 Å². The van der Waals surface area contributed by atoms with E-state index in [0.29, 0.717) is 22.8 Å². The van der Waals surface area contributed by atoms with Gasteiger partial charge in [-0.05, 0) is 36.2 Å². The zero-order valence-electron chi connectivity index (χ0n) is 15.2. The van der Waals surface area contributed by atoms with Crippen molar-refractivity contribution in [2.75, 3.05) is 11.9 Å². The van der Waals surface area contributed by atoms with Crippen molar-refractivity contribution < 1.29 is 9.59 Å². The highest BCUT2D eigenvalue weighted by Gasteiger charge is 2.10. The van der Waals surface area contributed by atoms with Crippen LogP contribution in [-0.4, -0.2) is 23.3 Å². The zero-order chi connectivity index (χ0) is 19.9. The Morgan fingerprint density at radius 2 is 1.82 bits per heavy atom. The normalized spacial score (nSPS) is 10.1. The van der Waals surface area contributed by atoms with Crippen LogP contribution in [0.25, 0.3) is 11.3 Å². The fraction of sp³-hybridized carbons (Fsp3) is 0.143. The molecule has 2 amide bonds. The third kappa shape index (κ3) is 5.02. The molecule has 0 bridgehead atoms. The number of carbonyl (C=O) groups is 2. The van der Waals surface area contributed by atoms with Gasteiger partial charge in [0.2, 0.25) is 5.91 Å². The van der Waals surface area contributed by atoms with Crippen LogP contribution in [0.5, 0.6) is 0 Å². The fourth-order valence-corrected chi connectivity index (χ4v) is 3.27. The number of thiazole rings is 1. The maximum Gasteiger partial charge on any atom is 0.257 e. The molecule has 0 fully saturated rings. The summed E-state index contributed by atoms with van der Waals surface area (Å²) < 4.78 is 0. The Kier molecular flexibility index (Phi) is 6.14. The molecule has 0 aliphatic carbocycles. The largest absolute Gasteiger partial charge is 0.356 e. The second-order valence-corrected chi connectivity index (χ2v) is 6.97. The van der Waals surface area contributed by atoms with Crippen LogP contribution >= 0.6 is 11.3 Å². The maximum absolute atomic E-state index is 12.3. The lowest BCUT2D eigenvalue weighted by atomic mass is 10.1. The Morgan fingerprint density at radius 1 is 1.11 bits per heavy atom. The van der Waals surface area contributed by atoms with Crippen molar-refractivity contribution in [3.05, 3.63) is 70.6 Å². The minimum Gasteiger partial charge on any atom is -0.356 e. The molecule has 7 heteroatoms. The average Bonchev–Trinajstić information content (AvgIpc) is 3.16. The molecule has 0 spiro atoms. The van der Waals surface area contributed by atoms with E-state index in [1.807, 2.05) is 35.7 Å². The van der Waals surface area contributed by atoms with Crippen LogP contribution in [0, 0.1) is 11.3 Å². The summed E-state index contributed by atoms with van der Waals surface area (Å²) >= 11 is 1.35. The van der Waals surface area contributed by atoms with Gasteiger partial charge in [0.1, 0.15) is 0 Å². The van der Waals surface area contributed by atoms with Crippen LogP contribution in [-0.2, 0) is 11.2 Å². The number of benzene rings is 2. The highest BCUT2D eigenvalue weighted by molar-refractivity contribution is 7.14. The summed E-state index contributed by atoms with van der Waals surface area (Å²) in [5, 5.41) is 16.8. The molecule has 2 aromatic carbocycles. The highest BCUT2D eigenvalue weighted by Crippen LogP contribution is 2.25. The first-order chi connectivity index (χ1) is 13.5. The van der Waals surface area contributed by atoms with Gasteiger partial charge in [-0.3, -0.25) is 14.9 Å². The molecule has 1 heterocycles. The van der Waals surface area contributed by atoms with Crippen LogP contribution in [0.1, 0.15) is 28.4 Å². The van der Waals surface area contributed by atoms with E-state index < -0.39 is 0 Å². The van der Waals surface area contributed by atoms with E-state index in [-0.39, 0.29) is 11.8 Å². The third-order valence-corrected chi connectivity index (χ3v) is 4.80. The molecule has 6 nitrogen and oxygen atoms in total. The molecule has 2 N–H and O–H groups in total. The van der Waals surface area contributed by atoms with Gasteiger partial charge >= 0.3 is 0 Å². The minimum absolute atomic E-state index is 0.0327. The van der Waals surface area contributed by atoms with Crippen LogP contribution in [0.2, 0.25) is 0 Å². The standard InChI is InChI=1S/C21H18N4O2S/c1-14(26)23-11-10-15-2-6-17(7-3-15)19-13-28-21(24-19)25-20(27)18-8-4-16(12-22)5-9-18/h2-9,13H,10-11H2,1H3,(H,23,26)(H,24,25,27). The number of hydrogen-bond donors (Lipinski definition) is 2. The maximum atomic E-state index is 12.3. The summed E-state index contributed by atoms with van der Waals surface area (Å²) in [6, 6.07) is 16.4. The van der Waals surface area contributed by atoms with E-state index in [0.717, 1.165) is 23.2 Å². The Balaban J connectivity index is 1.62. The van der Waals surface area contributed by atoms with Crippen LogP contribution in [0.15, 0.2) is 53.9 Å². The first-order valence-corrected chi connectivity index (χ1v) is 9.54. The van der Waals surface area contributed by atoms with Gasteiger partial charge in [0.15, 0.2) is 5.13 Å². The topological polar surface area (TPSA) is 94.9 Å². The van der Waals surface area contributed by atoms with Crippen LogP contribution in [0.4, 0.5) is 5.13 Å². The highest BCUT2D eigenvalue weighted by atomic mass is 32.1. The molecule has 3 rings (SSSR count). The van der Waals surface area contributed by atoms with Gasteiger partial charge in [-0.1, -0.05) is 24.3 Å². The number of anilines is 1. The second-order valence-electron chi connectivity index (χ2n) is 6.11. The Morgan fingerprint density at radius 3 is 2.46 bits per heavy atom. The van der Waals surface area contributed by atoms with E-state index >= 15 is 0 Å². The second kappa shape index (κ2) is 8.93. The summed E-state index contributed by atoms with van der Waals surface area (Å²) in [6.45, 7) is 2.11. The molecule has 3 aromatic rings. The van der Waals surface area contributed by atoms with Crippen LogP contribution < -0.4 is 10.6 Å². The van der Waals surface area contributed by atoms with Crippen molar-refractivity contribution in [1.29, 1.82) is 5.26 Å². The number of nitrogens with zero attached hydrogens (tertiary/aromatic N) is 2. The van der Waals surface area contributed by atoms with E-state index in [4.69, 9.17) is 5.26 Å². The summed E-state index contributed by atoms with van der Waals surface area (Å²) in [7, 11) is 0. The molecule has 0 saturated heterocycles. The van der Waals surface area contributed by atoms with Gasteiger partial charge < -0.3 is 5.32 Å². The van der Waals surface area contributed by atoms with Gasteiger partial charge in [0.25, 0.3) is 5.91 Å². The lowest BCUT2D eigenvalue weighted by molar-refractivity contribution is -0.118. The monoisotopic (exact) mass is 390 g/mol.